The number of amides is 2. The fraction of sp³-hybridized carbons (Fsp3) is 0.190. The molecule has 3 aromatic heterocycles. The Morgan fingerprint density at radius 1 is 1.03 bits per heavy atom. The van der Waals surface area contributed by atoms with Crippen LogP contribution in [0, 0.1) is 0 Å². The highest BCUT2D eigenvalue weighted by molar-refractivity contribution is 6.21. The summed E-state index contributed by atoms with van der Waals surface area (Å²) in [5, 5.41) is 10.6. The summed E-state index contributed by atoms with van der Waals surface area (Å²) in [4.78, 5) is 35.6. The third-order valence-corrected chi connectivity index (χ3v) is 5.47. The van der Waals surface area contributed by atoms with Gasteiger partial charge in [0.05, 0.1) is 17.7 Å². The number of aromatic amines is 1. The number of imide groups is 1. The molecule has 2 aliphatic rings. The minimum absolute atomic E-state index is 0.00338. The second-order valence-corrected chi connectivity index (χ2v) is 7.55. The molecule has 4 heterocycles. The number of hydrogen-bond acceptors (Lipinski definition) is 6. The number of anilines is 2. The van der Waals surface area contributed by atoms with Crippen LogP contribution >= 0.6 is 0 Å². The van der Waals surface area contributed by atoms with Crippen LogP contribution in [0.1, 0.15) is 51.0 Å². The number of fused-ring (bicyclic) bond motifs is 2. The van der Waals surface area contributed by atoms with Crippen molar-refractivity contribution in [1.29, 1.82) is 0 Å². The molecule has 6 rings (SSSR count). The summed E-state index contributed by atoms with van der Waals surface area (Å²) >= 11 is 0. The van der Waals surface area contributed by atoms with Crippen LogP contribution in [0.15, 0.2) is 48.7 Å². The van der Waals surface area contributed by atoms with E-state index in [0.717, 1.165) is 5.69 Å². The van der Waals surface area contributed by atoms with Gasteiger partial charge in [-0.2, -0.15) is 10.1 Å². The zero-order valence-corrected chi connectivity index (χ0v) is 15.9. The number of hydrogen-bond donors (Lipinski definition) is 2. The van der Waals surface area contributed by atoms with Gasteiger partial charge in [0.15, 0.2) is 11.6 Å². The van der Waals surface area contributed by atoms with Crippen LogP contribution in [0.3, 0.4) is 0 Å². The lowest BCUT2D eigenvalue weighted by Gasteiger charge is -2.14. The maximum Gasteiger partial charge on any atom is 0.261 e. The number of rotatable bonds is 5. The van der Waals surface area contributed by atoms with E-state index < -0.39 is 0 Å². The van der Waals surface area contributed by atoms with Gasteiger partial charge in [-0.05, 0) is 37.1 Å². The second-order valence-electron chi connectivity index (χ2n) is 7.55. The van der Waals surface area contributed by atoms with Gasteiger partial charge >= 0.3 is 0 Å². The van der Waals surface area contributed by atoms with Crippen LogP contribution in [0.25, 0.3) is 5.65 Å². The summed E-state index contributed by atoms with van der Waals surface area (Å²) in [7, 11) is 0. The van der Waals surface area contributed by atoms with E-state index >= 15 is 0 Å². The molecule has 0 unspecified atom stereocenters. The van der Waals surface area contributed by atoms with Crippen LogP contribution in [0.5, 0.6) is 0 Å². The molecular formula is C21H17N7O2. The summed E-state index contributed by atoms with van der Waals surface area (Å²) in [6, 6.07) is 12.5. The van der Waals surface area contributed by atoms with E-state index in [9.17, 15) is 9.59 Å². The van der Waals surface area contributed by atoms with Crippen LogP contribution in [-0.4, -0.2) is 41.3 Å². The average molecular weight is 399 g/mol. The normalized spacial score (nSPS) is 15.8. The maximum atomic E-state index is 12.7. The first-order chi connectivity index (χ1) is 14.7. The van der Waals surface area contributed by atoms with Gasteiger partial charge in [-0.3, -0.25) is 24.0 Å². The van der Waals surface area contributed by atoms with Crippen molar-refractivity contribution < 1.29 is 9.59 Å². The van der Waals surface area contributed by atoms with Crippen molar-refractivity contribution in [1.82, 2.24) is 29.5 Å². The molecule has 1 aliphatic heterocycles. The highest BCUT2D eigenvalue weighted by Crippen LogP contribution is 2.39. The Kier molecular flexibility index (Phi) is 3.52. The Morgan fingerprint density at radius 2 is 1.80 bits per heavy atom. The molecule has 30 heavy (non-hydrogen) atoms. The third-order valence-electron chi connectivity index (χ3n) is 5.47. The van der Waals surface area contributed by atoms with E-state index in [1.165, 1.54) is 17.7 Å². The lowest BCUT2D eigenvalue weighted by atomic mass is 10.1. The first kappa shape index (κ1) is 16.9. The minimum Gasteiger partial charge on any atom is -0.308 e. The van der Waals surface area contributed by atoms with Gasteiger partial charge in [0.2, 0.25) is 5.95 Å². The third kappa shape index (κ3) is 2.66. The predicted molar refractivity (Wildman–Crippen MR) is 107 cm³/mol. The summed E-state index contributed by atoms with van der Waals surface area (Å²) in [5.74, 6) is 1.46. The molecule has 0 saturated heterocycles. The molecule has 148 valence electrons. The molecule has 1 saturated carbocycles. The van der Waals surface area contributed by atoms with Gasteiger partial charge in [-0.1, -0.05) is 12.1 Å². The van der Waals surface area contributed by atoms with E-state index in [2.05, 4.69) is 25.5 Å². The maximum absolute atomic E-state index is 12.7. The van der Waals surface area contributed by atoms with Crippen LogP contribution in [-0.2, 0) is 6.54 Å². The SMILES string of the molecule is O=C1c2ccccc2C(=O)N1Cc1nc(Nc2cc(C3CC3)[nH]n2)n2cccc2n1. The number of benzene rings is 1. The monoisotopic (exact) mass is 399 g/mol. The van der Waals surface area contributed by atoms with E-state index in [1.807, 2.05) is 24.4 Å². The standard InChI is InChI=1S/C21H17N7O2/c29-19-13-4-1-2-5-14(13)20(30)28(19)11-17-22-18-6-3-9-27(18)21(24-17)23-16-10-15(25-26-16)12-7-8-12/h1-6,9-10,12H,7-8,11H2,(H2,22,23,24,25,26). The molecule has 9 heteroatoms. The lowest BCUT2D eigenvalue weighted by Crippen LogP contribution is -2.30. The molecule has 2 N–H and O–H groups in total. The van der Waals surface area contributed by atoms with Crippen molar-refractivity contribution in [2.45, 2.75) is 25.3 Å². The largest absolute Gasteiger partial charge is 0.308 e. The highest BCUT2D eigenvalue weighted by atomic mass is 16.2. The fourth-order valence-electron chi connectivity index (χ4n) is 3.78. The van der Waals surface area contributed by atoms with Crippen molar-refractivity contribution in [3.8, 4) is 0 Å². The van der Waals surface area contributed by atoms with Gasteiger partial charge in [-0.15, -0.1) is 0 Å². The molecule has 1 aliphatic carbocycles. The molecule has 1 fully saturated rings. The van der Waals surface area contributed by atoms with Gasteiger partial charge in [-0.25, -0.2) is 4.98 Å². The van der Waals surface area contributed by atoms with Gasteiger partial charge < -0.3 is 5.32 Å². The first-order valence-corrected chi connectivity index (χ1v) is 9.79. The number of nitrogens with zero attached hydrogens (tertiary/aromatic N) is 5. The summed E-state index contributed by atoms with van der Waals surface area (Å²) < 4.78 is 1.80. The van der Waals surface area contributed by atoms with Crippen LogP contribution in [0.4, 0.5) is 11.8 Å². The Morgan fingerprint density at radius 3 is 2.53 bits per heavy atom. The number of aromatic nitrogens is 5. The zero-order chi connectivity index (χ0) is 20.2. The van der Waals surface area contributed by atoms with Crippen molar-refractivity contribution in [2.75, 3.05) is 5.32 Å². The first-order valence-electron chi connectivity index (χ1n) is 9.79. The quantitative estimate of drug-likeness (QED) is 0.500. The van der Waals surface area contributed by atoms with Crippen LogP contribution < -0.4 is 5.32 Å². The molecule has 0 bridgehead atoms. The second kappa shape index (κ2) is 6.24. The van der Waals surface area contributed by atoms with Crippen molar-refractivity contribution >= 4 is 29.2 Å². The molecule has 0 atom stereocenters. The lowest BCUT2D eigenvalue weighted by molar-refractivity contribution is 0.0638. The topological polar surface area (TPSA) is 108 Å². The van der Waals surface area contributed by atoms with E-state index in [1.54, 1.807) is 28.7 Å². The van der Waals surface area contributed by atoms with Crippen molar-refractivity contribution in [2.24, 2.45) is 0 Å². The smallest absolute Gasteiger partial charge is 0.261 e. The predicted octanol–water partition coefficient (Wildman–Crippen LogP) is 2.87. The van der Waals surface area contributed by atoms with Gasteiger partial charge in [0.1, 0.15) is 5.65 Å². The Balaban J connectivity index is 1.32. The summed E-state index contributed by atoms with van der Waals surface area (Å²) in [5.41, 5.74) is 2.60. The van der Waals surface area contributed by atoms with Crippen molar-refractivity contribution in [3.63, 3.8) is 0 Å². The number of carbonyl (C=O) groups excluding carboxylic acids is 2. The summed E-state index contributed by atoms with van der Waals surface area (Å²) in [6.07, 6.45) is 4.21. The Hall–Kier alpha value is -4.01. The van der Waals surface area contributed by atoms with E-state index in [-0.39, 0.29) is 18.4 Å². The highest BCUT2D eigenvalue weighted by Gasteiger charge is 2.35. The fourth-order valence-corrected chi connectivity index (χ4v) is 3.78. The van der Waals surface area contributed by atoms with E-state index in [0.29, 0.717) is 40.3 Å². The molecule has 2 amide bonds. The van der Waals surface area contributed by atoms with Gasteiger partial charge in [0, 0.05) is 23.9 Å². The van der Waals surface area contributed by atoms with E-state index in [4.69, 9.17) is 0 Å². The molecule has 4 aromatic rings. The molecule has 1 aromatic carbocycles. The van der Waals surface area contributed by atoms with Crippen LogP contribution in [0.2, 0.25) is 0 Å². The number of nitrogens with one attached hydrogen (secondary N) is 2. The zero-order valence-electron chi connectivity index (χ0n) is 15.9. The molecule has 0 spiro atoms. The minimum atomic E-state index is -0.328. The van der Waals surface area contributed by atoms with Crippen molar-refractivity contribution in [3.05, 3.63) is 71.3 Å². The van der Waals surface area contributed by atoms with Gasteiger partial charge in [0.25, 0.3) is 11.8 Å². The number of H-pyrrole nitrogens is 1. The molecule has 9 nitrogen and oxygen atoms in total. The Labute approximate surface area is 170 Å². The average Bonchev–Trinajstić information content (AvgIpc) is 3.22. The summed E-state index contributed by atoms with van der Waals surface area (Å²) in [6.45, 7) is -0.00338. The Bertz CT molecular complexity index is 1280. The molecular weight excluding hydrogens is 382 g/mol. The number of carbonyl (C=O) groups is 2. The molecule has 0 radical (unpaired) electrons.